The predicted octanol–water partition coefficient (Wildman–Crippen LogP) is 0.0454. The maximum absolute atomic E-state index is 10.8. The van der Waals surface area contributed by atoms with Crippen LogP contribution in [0.5, 0.6) is 0 Å². The fraction of sp³-hybridized carbons (Fsp3) is 0.455. The van der Waals surface area contributed by atoms with Gasteiger partial charge in [0.25, 0.3) is 5.69 Å². The Bertz CT molecular complexity index is 540. The zero-order valence-electron chi connectivity index (χ0n) is 10.6. The second kappa shape index (κ2) is 5.70. The molecule has 0 aromatic carbocycles. The maximum Gasteiger partial charge on any atom is 0.288 e. The highest BCUT2D eigenvalue weighted by Crippen LogP contribution is 2.25. The van der Waals surface area contributed by atoms with Crippen LogP contribution in [0, 0.1) is 10.1 Å². The molecular formula is C11H15N5O4. The summed E-state index contributed by atoms with van der Waals surface area (Å²) in [5, 5.41) is 31.9. The van der Waals surface area contributed by atoms with Gasteiger partial charge in [-0.25, -0.2) is 4.98 Å². The van der Waals surface area contributed by atoms with E-state index in [9.17, 15) is 15.2 Å². The molecule has 0 atom stereocenters. The summed E-state index contributed by atoms with van der Waals surface area (Å²) in [5.41, 5.74) is 5.54. The van der Waals surface area contributed by atoms with Crippen LogP contribution in [0.1, 0.15) is 18.4 Å². The van der Waals surface area contributed by atoms with E-state index in [0.717, 1.165) is 6.20 Å². The Kier molecular flexibility index (Phi) is 3.99. The summed E-state index contributed by atoms with van der Waals surface area (Å²) in [7, 11) is 0. The summed E-state index contributed by atoms with van der Waals surface area (Å²) >= 11 is 0. The van der Waals surface area contributed by atoms with Crippen molar-refractivity contribution in [3.63, 3.8) is 0 Å². The largest absolute Gasteiger partial charge is 0.409 e. The van der Waals surface area contributed by atoms with Crippen molar-refractivity contribution in [2.75, 3.05) is 18.0 Å². The van der Waals surface area contributed by atoms with Crippen molar-refractivity contribution in [2.45, 2.75) is 18.9 Å². The van der Waals surface area contributed by atoms with Crippen LogP contribution >= 0.6 is 0 Å². The quantitative estimate of drug-likeness (QED) is 0.234. The van der Waals surface area contributed by atoms with E-state index in [1.807, 2.05) is 4.90 Å². The van der Waals surface area contributed by atoms with Gasteiger partial charge in [0, 0.05) is 19.2 Å². The molecule has 1 aliphatic rings. The first-order valence-corrected chi connectivity index (χ1v) is 6.08. The fourth-order valence-corrected chi connectivity index (χ4v) is 2.12. The minimum absolute atomic E-state index is 0.207. The minimum Gasteiger partial charge on any atom is -0.409 e. The Hall–Kier alpha value is -2.42. The Morgan fingerprint density at radius 3 is 2.75 bits per heavy atom. The number of pyridine rings is 1. The van der Waals surface area contributed by atoms with Crippen molar-refractivity contribution in [1.29, 1.82) is 0 Å². The summed E-state index contributed by atoms with van der Waals surface area (Å²) in [6, 6.07) is 1.22. The highest BCUT2D eigenvalue weighted by atomic mass is 16.6. The number of piperidine rings is 1. The second-order valence-electron chi connectivity index (χ2n) is 4.53. The molecule has 0 saturated carbocycles. The number of amidine groups is 1. The third kappa shape index (κ3) is 2.77. The van der Waals surface area contributed by atoms with Gasteiger partial charge in [-0.3, -0.25) is 10.1 Å². The molecule has 1 aromatic heterocycles. The van der Waals surface area contributed by atoms with Crippen molar-refractivity contribution in [1.82, 2.24) is 4.98 Å². The second-order valence-corrected chi connectivity index (χ2v) is 4.53. The summed E-state index contributed by atoms with van der Waals surface area (Å²) in [6.07, 6.45) is 1.94. The van der Waals surface area contributed by atoms with Crippen LogP contribution < -0.4 is 10.6 Å². The molecule has 1 saturated heterocycles. The van der Waals surface area contributed by atoms with Gasteiger partial charge in [0.15, 0.2) is 5.84 Å². The molecule has 9 heteroatoms. The molecule has 108 valence electrons. The molecule has 1 aliphatic heterocycles. The molecule has 1 aromatic rings. The van der Waals surface area contributed by atoms with Crippen molar-refractivity contribution < 1.29 is 15.2 Å². The lowest BCUT2D eigenvalue weighted by Crippen LogP contribution is -2.37. The summed E-state index contributed by atoms with van der Waals surface area (Å²) in [5.74, 6) is 0.181. The zero-order valence-corrected chi connectivity index (χ0v) is 10.6. The first-order valence-electron chi connectivity index (χ1n) is 6.08. The molecule has 4 N–H and O–H groups in total. The number of anilines is 1. The molecule has 0 aliphatic carbocycles. The molecule has 0 bridgehead atoms. The van der Waals surface area contributed by atoms with E-state index >= 15 is 0 Å². The number of nitro groups is 1. The summed E-state index contributed by atoms with van der Waals surface area (Å²) < 4.78 is 0. The standard InChI is InChI=1S/C11H15N5O4/c12-10(14-18)9-5-7(16(19)20)6-13-11(9)15-3-1-8(17)2-4-15/h5-6,8,17-18H,1-4H2,(H2,12,14). The average Bonchev–Trinajstić information content (AvgIpc) is 2.46. The van der Waals surface area contributed by atoms with Crippen LogP contribution in [0.15, 0.2) is 17.4 Å². The van der Waals surface area contributed by atoms with Gasteiger partial charge in [0.05, 0.1) is 16.6 Å². The molecule has 20 heavy (non-hydrogen) atoms. The van der Waals surface area contributed by atoms with Crippen molar-refractivity contribution >= 4 is 17.3 Å². The third-order valence-electron chi connectivity index (χ3n) is 3.21. The number of nitrogens with zero attached hydrogens (tertiary/aromatic N) is 4. The van der Waals surface area contributed by atoms with Gasteiger partial charge in [0.2, 0.25) is 0 Å². The van der Waals surface area contributed by atoms with E-state index < -0.39 is 4.92 Å². The molecule has 2 rings (SSSR count). The lowest BCUT2D eigenvalue weighted by Gasteiger charge is -2.31. The number of aliphatic hydroxyl groups excluding tert-OH is 1. The number of aliphatic hydroxyl groups is 1. The molecule has 2 heterocycles. The summed E-state index contributed by atoms with van der Waals surface area (Å²) in [6.45, 7) is 1.11. The third-order valence-corrected chi connectivity index (χ3v) is 3.21. The van der Waals surface area contributed by atoms with Gasteiger partial charge in [-0.1, -0.05) is 5.16 Å². The Balaban J connectivity index is 2.39. The van der Waals surface area contributed by atoms with Crippen LogP contribution in [0.3, 0.4) is 0 Å². The van der Waals surface area contributed by atoms with Crippen molar-refractivity contribution in [3.05, 3.63) is 27.9 Å². The smallest absolute Gasteiger partial charge is 0.288 e. The lowest BCUT2D eigenvalue weighted by atomic mass is 10.1. The van der Waals surface area contributed by atoms with Crippen molar-refractivity contribution in [3.8, 4) is 0 Å². The number of nitrogens with two attached hydrogens (primary N) is 1. The van der Waals surface area contributed by atoms with Gasteiger partial charge in [0.1, 0.15) is 12.0 Å². The molecule has 1 fully saturated rings. The maximum atomic E-state index is 10.8. The van der Waals surface area contributed by atoms with Gasteiger partial charge in [-0.2, -0.15) is 0 Å². The van der Waals surface area contributed by atoms with Crippen LogP contribution in [-0.4, -0.2) is 45.3 Å². The van der Waals surface area contributed by atoms with E-state index in [1.165, 1.54) is 6.07 Å². The summed E-state index contributed by atoms with van der Waals surface area (Å²) in [4.78, 5) is 16.1. The molecule has 0 radical (unpaired) electrons. The first-order chi connectivity index (χ1) is 9.52. The fourth-order valence-electron chi connectivity index (χ4n) is 2.12. The molecule has 0 amide bonds. The van der Waals surface area contributed by atoms with E-state index in [2.05, 4.69) is 10.1 Å². The zero-order chi connectivity index (χ0) is 14.7. The van der Waals surface area contributed by atoms with Gasteiger partial charge >= 0.3 is 0 Å². The van der Waals surface area contributed by atoms with Gasteiger partial charge in [-0.05, 0) is 12.8 Å². The minimum atomic E-state index is -0.592. The highest BCUT2D eigenvalue weighted by Gasteiger charge is 2.23. The van der Waals surface area contributed by atoms with Gasteiger partial charge in [-0.15, -0.1) is 0 Å². The molecule has 9 nitrogen and oxygen atoms in total. The number of hydrogen-bond donors (Lipinski definition) is 3. The Labute approximate surface area is 114 Å². The number of aromatic nitrogens is 1. The molecule has 0 spiro atoms. The lowest BCUT2D eigenvalue weighted by molar-refractivity contribution is -0.385. The predicted molar refractivity (Wildman–Crippen MR) is 70.9 cm³/mol. The van der Waals surface area contributed by atoms with E-state index in [-0.39, 0.29) is 23.2 Å². The Morgan fingerprint density at radius 1 is 1.55 bits per heavy atom. The van der Waals surface area contributed by atoms with Crippen LogP contribution in [0.25, 0.3) is 0 Å². The number of hydrogen-bond acceptors (Lipinski definition) is 7. The van der Waals surface area contributed by atoms with Crippen molar-refractivity contribution in [2.24, 2.45) is 10.9 Å². The molecule has 0 unspecified atom stereocenters. The average molecular weight is 281 g/mol. The number of rotatable bonds is 3. The first kappa shape index (κ1) is 14.0. The SMILES string of the molecule is NC(=NO)c1cc([N+](=O)[O-])cnc1N1CCC(O)CC1. The van der Waals surface area contributed by atoms with E-state index in [0.29, 0.717) is 31.7 Å². The highest BCUT2D eigenvalue weighted by molar-refractivity contribution is 6.01. The monoisotopic (exact) mass is 281 g/mol. The van der Waals surface area contributed by atoms with E-state index in [4.69, 9.17) is 10.9 Å². The van der Waals surface area contributed by atoms with Gasteiger partial charge < -0.3 is 20.9 Å². The van der Waals surface area contributed by atoms with Crippen LogP contribution in [0.2, 0.25) is 0 Å². The molecular weight excluding hydrogens is 266 g/mol. The Morgan fingerprint density at radius 2 is 2.20 bits per heavy atom. The van der Waals surface area contributed by atoms with Crippen LogP contribution in [0.4, 0.5) is 11.5 Å². The normalized spacial score (nSPS) is 17.2. The topological polar surface area (TPSA) is 138 Å². The number of oxime groups is 1. The van der Waals surface area contributed by atoms with E-state index in [1.54, 1.807) is 0 Å². The van der Waals surface area contributed by atoms with Crippen LogP contribution in [-0.2, 0) is 0 Å².